The highest BCUT2D eigenvalue weighted by Crippen LogP contribution is 2.04. The number of hydrogen-bond donors (Lipinski definition) is 0. The summed E-state index contributed by atoms with van der Waals surface area (Å²) in [6.07, 6.45) is 1.23. The Morgan fingerprint density at radius 3 is 2.37 bits per heavy atom. The second kappa shape index (κ2) is 10.6. The van der Waals surface area contributed by atoms with E-state index in [4.69, 9.17) is 9.47 Å². The first-order chi connectivity index (χ1) is 9.02. The molecule has 0 radical (unpaired) electrons. The third kappa shape index (κ3) is 8.45. The molecule has 0 aromatic carbocycles. The largest absolute Gasteiger partial charge is 0.377 e. The SMILES string of the molecule is CCC(C)C(=O)N(C=O)CCOCCOCC(C)=O. The summed E-state index contributed by atoms with van der Waals surface area (Å²) >= 11 is 0. The van der Waals surface area contributed by atoms with Crippen molar-refractivity contribution in [3.05, 3.63) is 0 Å². The summed E-state index contributed by atoms with van der Waals surface area (Å²) in [5.41, 5.74) is 0. The molecule has 0 fully saturated rings. The van der Waals surface area contributed by atoms with E-state index in [1.165, 1.54) is 6.92 Å². The van der Waals surface area contributed by atoms with E-state index in [1.54, 1.807) is 6.92 Å². The molecule has 1 unspecified atom stereocenters. The van der Waals surface area contributed by atoms with Gasteiger partial charge < -0.3 is 9.47 Å². The van der Waals surface area contributed by atoms with Crippen LogP contribution in [-0.4, -0.2) is 56.0 Å². The Hall–Kier alpha value is -1.27. The highest BCUT2D eigenvalue weighted by Gasteiger charge is 2.17. The fourth-order valence-corrected chi connectivity index (χ4v) is 1.27. The first kappa shape index (κ1) is 17.7. The van der Waals surface area contributed by atoms with Gasteiger partial charge in [0.05, 0.1) is 26.4 Å². The van der Waals surface area contributed by atoms with E-state index >= 15 is 0 Å². The lowest BCUT2D eigenvalue weighted by atomic mass is 10.1. The van der Waals surface area contributed by atoms with Crippen LogP contribution in [0.3, 0.4) is 0 Å². The molecule has 0 saturated carbocycles. The van der Waals surface area contributed by atoms with Gasteiger partial charge in [0.2, 0.25) is 12.3 Å². The Labute approximate surface area is 114 Å². The van der Waals surface area contributed by atoms with Crippen molar-refractivity contribution in [3.8, 4) is 0 Å². The average Bonchev–Trinajstić information content (AvgIpc) is 2.40. The maximum absolute atomic E-state index is 11.7. The smallest absolute Gasteiger partial charge is 0.231 e. The predicted molar refractivity (Wildman–Crippen MR) is 69.6 cm³/mol. The van der Waals surface area contributed by atoms with Crippen LogP contribution in [0.15, 0.2) is 0 Å². The van der Waals surface area contributed by atoms with Gasteiger partial charge in [0, 0.05) is 5.92 Å². The minimum atomic E-state index is -0.186. The number of Topliss-reactive ketones (excluding diaryl/α,β-unsaturated/α-hetero) is 1. The zero-order valence-corrected chi connectivity index (χ0v) is 11.9. The molecule has 0 aromatic rings. The summed E-state index contributed by atoms with van der Waals surface area (Å²) in [6, 6.07) is 0. The number of hydrogen-bond acceptors (Lipinski definition) is 5. The van der Waals surface area contributed by atoms with Crippen LogP contribution < -0.4 is 0 Å². The fourth-order valence-electron chi connectivity index (χ4n) is 1.27. The monoisotopic (exact) mass is 273 g/mol. The zero-order chi connectivity index (χ0) is 14.7. The number of carbonyl (C=O) groups is 3. The minimum absolute atomic E-state index is 0.0359. The molecule has 0 N–H and O–H groups in total. The van der Waals surface area contributed by atoms with E-state index in [2.05, 4.69) is 0 Å². The number of rotatable bonds is 11. The molecule has 0 spiro atoms. The van der Waals surface area contributed by atoms with Gasteiger partial charge in [0.1, 0.15) is 6.61 Å². The van der Waals surface area contributed by atoms with Crippen molar-refractivity contribution in [2.75, 3.05) is 33.0 Å². The van der Waals surface area contributed by atoms with Crippen molar-refractivity contribution in [3.63, 3.8) is 0 Å². The second-order valence-electron chi connectivity index (χ2n) is 4.31. The quantitative estimate of drug-likeness (QED) is 0.408. The van der Waals surface area contributed by atoms with Crippen LogP contribution in [0.25, 0.3) is 0 Å². The minimum Gasteiger partial charge on any atom is -0.377 e. The lowest BCUT2D eigenvalue weighted by molar-refractivity contribution is -0.142. The number of imide groups is 1. The van der Waals surface area contributed by atoms with Gasteiger partial charge in [-0.15, -0.1) is 0 Å². The summed E-state index contributed by atoms with van der Waals surface area (Å²) in [4.78, 5) is 34.2. The van der Waals surface area contributed by atoms with E-state index in [1.807, 2.05) is 6.92 Å². The van der Waals surface area contributed by atoms with Crippen LogP contribution in [0.1, 0.15) is 27.2 Å². The molecule has 2 amide bonds. The van der Waals surface area contributed by atoms with Gasteiger partial charge in [-0.2, -0.15) is 0 Å². The Morgan fingerprint density at radius 1 is 1.21 bits per heavy atom. The highest BCUT2D eigenvalue weighted by molar-refractivity contribution is 5.87. The normalized spacial score (nSPS) is 11.9. The Morgan fingerprint density at radius 2 is 1.84 bits per heavy atom. The summed E-state index contributed by atoms with van der Waals surface area (Å²) < 4.78 is 10.2. The van der Waals surface area contributed by atoms with Crippen LogP contribution >= 0.6 is 0 Å². The van der Waals surface area contributed by atoms with E-state index in [-0.39, 0.29) is 37.4 Å². The lowest BCUT2D eigenvalue weighted by Crippen LogP contribution is -2.36. The third-order valence-corrected chi connectivity index (χ3v) is 2.60. The van der Waals surface area contributed by atoms with E-state index in [0.717, 1.165) is 4.90 Å². The topological polar surface area (TPSA) is 72.9 Å². The Kier molecular flexibility index (Phi) is 9.92. The fraction of sp³-hybridized carbons (Fsp3) is 0.769. The van der Waals surface area contributed by atoms with Crippen molar-refractivity contribution in [1.82, 2.24) is 4.90 Å². The maximum Gasteiger partial charge on any atom is 0.231 e. The molecule has 0 heterocycles. The maximum atomic E-state index is 11.7. The Bertz CT molecular complexity index is 293. The summed E-state index contributed by atoms with van der Waals surface area (Å²) in [5, 5.41) is 0. The molecule has 0 bridgehead atoms. The van der Waals surface area contributed by atoms with Crippen molar-refractivity contribution in [2.45, 2.75) is 27.2 Å². The molecule has 6 heteroatoms. The van der Waals surface area contributed by atoms with E-state index in [0.29, 0.717) is 26.0 Å². The standard InChI is InChI=1S/C13H23NO5/c1-4-11(2)13(17)14(10-15)5-6-18-7-8-19-9-12(3)16/h10-11H,4-9H2,1-3H3. The van der Waals surface area contributed by atoms with E-state index < -0.39 is 0 Å². The van der Waals surface area contributed by atoms with Crippen molar-refractivity contribution in [1.29, 1.82) is 0 Å². The van der Waals surface area contributed by atoms with Gasteiger partial charge in [0.25, 0.3) is 0 Å². The second-order valence-corrected chi connectivity index (χ2v) is 4.31. The summed E-state index contributed by atoms with van der Waals surface area (Å²) in [6.45, 7) is 6.37. The molecule has 0 aliphatic heterocycles. The molecular weight excluding hydrogens is 250 g/mol. The molecule has 19 heavy (non-hydrogen) atoms. The third-order valence-electron chi connectivity index (χ3n) is 2.60. The first-order valence-electron chi connectivity index (χ1n) is 6.43. The van der Waals surface area contributed by atoms with Gasteiger partial charge in [-0.25, -0.2) is 0 Å². The predicted octanol–water partition coefficient (Wildman–Crippen LogP) is 0.640. The number of amides is 2. The molecule has 6 nitrogen and oxygen atoms in total. The zero-order valence-electron chi connectivity index (χ0n) is 11.9. The highest BCUT2D eigenvalue weighted by atomic mass is 16.5. The lowest BCUT2D eigenvalue weighted by Gasteiger charge is -2.18. The number of ketones is 1. The van der Waals surface area contributed by atoms with Crippen LogP contribution in [0, 0.1) is 5.92 Å². The van der Waals surface area contributed by atoms with Crippen LogP contribution in [-0.2, 0) is 23.9 Å². The van der Waals surface area contributed by atoms with Gasteiger partial charge >= 0.3 is 0 Å². The van der Waals surface area contributed by atoms with Gasteiger partial charge in [-0.1, -0.05) is 13.8 Å². The molecule has 0 saturated heterocycles. The van der Waals surface area contributed by atoms with Crippen molar-refractivity contribution >= 4 is 18.1 Å². The average molecular weight is 273 g/mol. The summed E-state index contributed by atoms with van der Waals surface area (Å²) in [7, 11) is 0. The molecule has 0 aliphatic rings. The van der Waals surface area contributed by atoms with Crippen molar-refractivity contribution < 1.29 is 23.9 Å². The molecule has 110 valence electrons. The van der Waals surface area contributed by atoms with E-state index in [9.17, 15) is 14.4 Å². The number of carbonyl (C=O) groups excluding carboxylic acids is 3. The molecule has 1 atom stereocenters. The first-order valence-corrected chi connectivity index (χ1v) is 6.43. The molecular formula is C13H23NO5. The van der Waals surface area contributed by atoms with Crippen LogP contribution in [0.2, 0.25) is 0 Å². The number of ether oxygens (including phenoxy) is 2. The number of nitrogens with zero attached hydrogens (tertiary/aromatic N) is 1. The van der Waals surface area contributed by atoms with Gasteiger partial charge in [-0.05, 0) is 13.3 Å². The van der Waals surface area contributed by atoms with Crippen LogP contribution in [0.5, 0.6) is 0 Å². The van der Waals surface area contributed by atoms with Gasteiger partial charge in [-0.3, -0.25) is 19.3 Å². The van der Waals surface area contributed by atoms with Crippen molar-refractivity contribution in [2.24, 2.45) is 5.92 Å². The molecule has 0 aliphatic carbocycles. The molecule has 0 rings (SSSR count). The Balaban J connectivity index is 3.70. The van der Waals surface area contributed by atoms with Gasteiger partial charge in [0.15, 0.2) is 5.78 Å². The molecule has 0 aromatic heterocycles. The summed E-state index contributed by atoms with van der Waals surface area (Å²) in [5.74, 6) is -0.385. The van der Waals surface area contributed by atoms with Crippen LogP contribution in [0.4, 0.5) is 0 Å².